The second-order valence-electron chi connectivity index (χ2n) is 4.99. The maximum Gasteiger partial charge on any atom is 0.239 e. The molecule has 2 unspecified atom stereocenters. The molecule has 0 aromatic carbocycles. The highest BCUT2D eigenvalue weighted by Gasteiger charge is 2.30. The zero-order valence-electron chi connectivity index (χ0n) is 10.4. The smallest absolute Gasteiger partial charge is 0.239 e. The predicted octanol–water partition coefficient (Wildman–Crippen LogP) is 1.63. The summed E-state index contributed by atoms with van der Waals surface area (Å²) in [6.45, 7) is 7.52. The Balaban J connectivity index is 2.56. The highest BCUT2D eigenvalue weighted by atomic mass is 16.2. The molecule has 1 fully saturated rings. The largest absolute Gasteiger partial charge is 0.339 e. The molecule has 1 rings (SSSR count). The summed E-state index contributed by atoms with van der Waals surface area (Å²) in [5.41, 5.74) is 0. The number of piperidine rings is 1. The average Bonchev–Trinajstić information content (AvgIpc) is 2.17. The molecule has 0 radical (unpaired) electrons. The van der Waals surface area contributed by atoms with E-state index in [0.29, 0.717) is 12.0 Å². The zero-order chi connectivity index (χ0) is 11.4. The zero-order valence-corrected chi connectivity index (χ0v) is 10.4. The van der Waals surface area contributed by atoms with Crippen molar-refractivity contribution in [2.24, 2.45) is 5.92 Å². The molecule has 1 amide bonds. The molecule has 15 heavy (non-hydrogen) atoms. The summed E-state index contributed by atoms with van der Waals surface area (Å²) in [6.07, 6.45) is 3.21. The van der Waals surface area contributed by atoms with Gasteiger partial charge < -0.3 is 10.2 Å². The second-order valence-corrected chi connectivity index (χ2v) is 4.99. The number of carbonyl (C=O) groups is 1. The van der Waals surface area contributed by atoms with Crippen LogP contribution in [0.5, 0.6) is 0 Å². The molecule has 1 saturated heterocycles. The molecule has 1 aliphatic heterocycles. The Morgan fingerprint density at radius 3 is 2.67 bits per heavy atom. The van der Waals surface area contributed by atoms with Crippen LogP contribution in [0.15, 0.2) is 0 Å². The van der Waals surface area contributed by atoms with Crippen LogP contribution in [0.1, 0.15) is 40.0 Å². The number of nitrogens with zero attached hydrogens (tertiary/aromatic N) is 1. The number of rotatable bonds is 4. The summed E-state index contributed by atoms with van der Waals surface area (Å²) >= 11 is 0. The summed E-state index contributed by atoms with van der Waals surface area (Å²) < 4.78 is 0. The number of carbonyl (C=O) groups excluding carboxylic acids is 1. The monoisotopic (exact) mass is 212 g/mol. The minimum Gasteiger partial charge on any atom is -0.339 e. The Morgan fingerprint density at radius 2 is 2.13 bits per heavy atom. The molecule has 1 aliphatic rings. The van der Waals surface area contributed by atoms with Gasteiger partial charge in [-0.05, 0) is 39.2 Å². The SMILES string of the molecule is CNC1CCCN(C(C)CC(C)C)C1=O. The van der Waals surface area contributed by atoms with Crippen LogP contribution in [0.2, 0.25) is 0 Å². The lowest BCUT2D eigenvalue weighted by atomic mass is 9.98. The highest BCUT2D eigenvalue weighted by Crippen LogP contribution is 2.18. The van der Waals surface area contributed by atoms with Crippen LogP contribution in [0.4, 0.5) is 0 Å². The Labute approximate surface area is 93.2 Å². The average molecular weight is 212 g/mol. The van der Waals surface area contributed by atoms with Gasteiger partial charge in [0.05, 0.1) is 6.04 Å². The summed E-state index contributed by atoms with van der Waals surface area (Å²) in [7, 11) is 1.87. The molecule has 1 N–H and O–H groups in total. The van der Waals surface area contributed by atoms with Gasteiger partial charge in [-0.3, -0.25) is 4.79 Å². The van der Waals surface area contributed by atoms with Crippen molar-refractivity contribution in [3.63, 3.8) is 0 Å². The van der Waals surface area contributed by atoms with E-state index >= 15 is 0 Å². The fourth-order valence-corrected chi connectivity index (χ4v) is 2.41. The lowest BCUT2D eigenvalue weighted by molar-refractivity contribution is -0.138. The van der Waals surface area contributed by atoms with E-state index in [1.165, 1.54) is 0 Å². The number of likely N-dealkylation sites (N-methyl/N-ethyl adjacent to an activating group) is 1. The molecule has 0 spiro atoms. The minimum atomic E-state index is 0.0494. The fraction of sp³-hybridized carbons (Fsp3) is 0.917. The predicted molar refractivity (Wildman–Crippen MR) is 62.7 cm³/mol. The third kappa shape index (κ3) is 3.20. The van der Waals surface area contributed by atoms with Crippen molar-refractivity contribution in [3.05, 3.63) is 0 Å². The van der Waals surface area contributed by atoms with Gasteiger partial charge in [-0.1, -0.05) is 13.8 Å². The van der Waals surface area contributed by atoms with Gasteiger partial charge in [0.1, 0.15) is 0 Å². The van der Waals surface area contributed by atoms with E-state index < -0.39 is 0 Å². The third-order valence-corrected chi connectivity index (χ3v) is 3.17. The third-order valence-electron chi connectivity index (χ3n) is 3.17. The standard InChI is InChI=1S/C12H24N2O/c1-9(2)8-10(3)14-7-5-6-11(13-4)12(14)15/h9-11,13H,5-8H2,1-4H3. The summed E-state index contributed by atoms with van der Waals surface area (Å²) in [6, 6.07) is 0.432. The Morgan fingerprint density at radius 1 is 1.47 bits per heavy atom. The van der Waals surface area contributed by atoms with Crippen molar-refractivity contribution >= 4 is 5.91 Å². The number of amides is 1. The van der Waals surface area contributed by atoms with Gasteiger partial charge in [0.15, 0.2) is 0 Å². The van der Waals surface area contributed by atoms with Crippen LogP contribution < -0.4 is 5.32 Å². The van der Waals surface area contributed by atoms with Crippen molar-refractivity contribution in [2.45, 2.75) is 52.1 Å². The Bertz CT molecular complexity index is 216. The van der Waals surface area contributed by atoms with E-state index in [-0.39, 0.29) is 11.9 Å². The van der Waals surface area contributed by atoms with Crippen LogP contribution in [0, 0.1) is 5.92 Å². The van der Waals surface area contributed by atoms with E-state index in [1.54, 1.807) is 0 Å². The first kappa shape index (κ1) is 12.5. The summed E-state index contributed by atoms with van der Waals surface area (Å²) in [5, 5.41) is 3.10. The van der Waals surface area contributed by atoms with Gasteiger partial charge in [0.2, 0.25) is 5.91 Å². The molecular formula is C12H24N2O. The van der Waals surface area contributed by atoms with Crippen LogP contribution in [-0.4, -0.2) is 36.5 Å². The molecule has 0 aliphatic carbocycles. The molecule has 0 aromatic heterocycles. The second kappa shape index (κ2) is 5.50. The van der Waals surface area contributed by atoms with E-state index in [4.69, 9.17) is 0 Å². The van der Waals surface area contributed by atoms with Gasteiger partial charge in [0.25, 0.3) is 0 Å². The summed E-state index contributed by atoms with van der Waals surface area (Å²) in [4.78, 5) is 14.1. The fourth-order valence-electron chi connectivity index (χ4n) is 2.41. The van der Waals surface area contributed by atoms with Crippen LogP contribution >= 0.6 is 0 Å². The lowest BCUT2D eigenvalue weighted by Gasteiger charge is -2.37. The maximum atomic E-state index is 12.0. The molecule has 1 heterocycles. The van der Waals surface area contributed by atoms with Gasteiger partial charge >= 0.3 is 0 Å². The van der Waals surface area contributed by atoms with Crippen molar-refractivity contribution in [1.82, 2.24) is 10.2 Å². The number of hydrogen-bond donors (Lipinski definition) is 1. The van der Waals surface area contributed by atoms with Crippen molar-refractivity contribution < 1.29 is 4.79 Å². The van der Waals surface area contributed by atoms with Gasteiger partial charge in [-0.15, -0.1) is 0 Å². The number of likely N-dealkylation sites (tertiary alicyclic amines) is 1. The molecule has 2 atom stereocenters. The van der Waals surface area contributed by atoms with E-state index in [0.717, 1.165) is 25.8 Å². The van der Waals surface area contributed by atoms with Gasteiger partial charge in [-0.2, -0.15) is 0 Å². The molecule has 3 nitrogen and oxygen atoms in total. The van der Waals surface area contributed by atoms with Crippen molar-refractivity contribution in [1.29, 1.82) is 0 Å². The lowest BCUT2D eigenvalue weighted by Crippen LogP contribution is -2.52. The van der Waals surface area contributed by atoms with E-state index in [9.17, 15) is 4.79 Å². The quantitative estimate of drug-likeness (QED) is 0.768. The first-order valence-corrected chi connectivity index (χ1v) is 6.04. The normalized spacial score (nSPS) is 24.7. The first-order valence-electron chi connectivity index (χ1n) is 6.04. The number of hydrogen-bond acceptors (Lipinski definition) is 2. The highest BCUT2D eigenvalue weighted by molar-refractivity contribution is 5.82. The van der Waals surface area contributed by atoms with Crippen LogP contribution in [0.25, 0.3) is 0 Å². The molecule has 88 valence electrons. The van der Waals surface area contributed by atoms with Crippen molar-refractivity contribution in [3.8, 4) is 0 Å². The number of nitrogens with one attached hydrogen (secondary N) is 1. The van der Waals surface area contributed by atoms with Gasteiger partial charge in [-0.25, -0.2) is 0 Å². The summed E-state index contributed by atoms with van der Waals surface area (Å²) in [5.74, 6) is 0.944. The van der Waals surface area contributed by atoms with Crippen LogP contribution in [-0.2, 0) is 4.79 Å². The van der Waals surface area contributed by atoms with Gasteiger partial charge in [0, 0.05) is 12.6 Å². The molecule has 3 heteroatoms. The van der Waals surface area contributed by atoms with Crippen molar-refractivity contribution in [2.75, 3.05) is 13.6 Å². The minimum absolute atomic E-state index is 0.0494. The first-order chi connectivity index (χ1) is 7.06. The molecule has 0 saturated carbocycles. The maximum absolute atomic E-state index is 12.0. The molecule has 0 bridgehead atoms. The Kier molecular flexibility index (Phi) is 4.58. The van der Waals surface area contributed by atoms with E-state index in [1.807, 2.05) is 11.9 Å². The van der Waals surface area contributed by atoms with E-state index in [2.05, 4.69) is 26.1 Å². The van der Waals surface area contributed by atoms with Crippen LogP contribution in [0.3, 0.4) is 0 Å². The topological polar surface area (TPSA) is 32.3 Å². The molecule has 0 aromatic rings. The Hall–Kier alpha value is -0.570. The molecular weight excluding hydrogens is 188 g/mol.